The summed E-state index contributed by atoms with van der Waals surface area (Å²) in [5.41, 5.74) is 1.06. The van der Waals surface area contributed by atoms with Crippen LogP contribution in [0.2, 0.25) is 0 Å². The number of ether oxygens (including phenoxy) is 2. The molecule has 1 aromatic carbocycles. The largest absolute Gasteiger partial charge is 0.496 e. The van der Waals surface area contributed by atoms with Gasteiger partial charge in [-0.25, -0.2) is 0 Å². The van der Waals surface area contributed by atoms with Gasteiger partial charge in [-0.05, 0) is 34.1 Å². The molecule has 1 heterocycles. The van der Waals surface area contributed by atoms with Crippen LogP contribution in [0.1, 0.15) is 5.56 Å². The number of nitrogens with zero attached hydrogens (tertiary/aromatic N) is 2. The topological polar surface area (TPSA) is 48.3 Å². The van der Waals surface area contributed by atoms with E-state index in [0.717, 1.165) is 34.6 Å². The number of rotatable bonds is 7. The van der Waals surface area contributed by atoms with Crippen molar-refractivity contribution < 1.29 is 9.47 Å². The lowest BCUT2D eigenvalue weighted by Crippen LogP contribution is -2.20. The molecule has 0 saturated carbocycles. The molecule has 0 saturated heterocycles. The standard InChI is InChI=1S/C14H18BrN3O2/c1-19-13-9-12(15)14(20-2)8-11(13)10-16-5-7-18-6-3-4-17-18/h3-4,6,8-9,16H,5,7,10H2,1-2H3. The predicted octanol–water partition coefficient (Wildman–Crippen LogP) is 2.45. The summed E-state index contributed by atoms with van der Waals surface area (Å²) in [6.07, 6.45) is 3.73. The molecule has 0 fully saturated rings. The van der Waals surface area contributed by atoms with Crippen LogP contribution in [-0.2, 0) is 13.1 Å². The fourth-order valence-corrected chi connectivity index (χ4v) is 2.40. The Labute approximate surface area is 127 Å². The molecule has 0 spiro atoms. The van der Waals surface area contributed by atoms with Crippen LogP contribution in [0.25, 0.3) is 0 Å². The van der Waals surface area contributed by atoms with Crippen LogP contribution in [-0.4, -0.2) is 30.5 Å². The minimum absolute atomic E-state index is 0.716. The Bertz CT molecular complexity index is 544. The minimum Gasteiger partial charge on any atom is -0.496 e. The molecule has 0 amide bonds. The molecule has 1 N–H and O–H groups in total. The van der Waals surface area contributed by atoms with Crippen LogP contribution in [0.15, 0.2) is 35.1 Å². The van der Waals surface area contributed by atoms with Gasteiger partial charge in [-0.2, -0.15) is 5.10 Å². The summed E-state index contributed by atoms with van der Waals surface area (Å²) in [6.45, 7) is 2.39. The van der Waals surface area contributed by atoms with Gasteiger partial charge in [0, 0.05) is 31.0 Å². The summed E-state index contributed by atoms with van der Waals surface area (Å²) in [6, 6.07) is 5.82. The highest BCUT2D eigenvalue weighted by Gasteiger charge is 2.09. The summed E-state index contributed by atoms with van der Waals surface area (Å²) in [5.74, 6) is 1.64. The monoisotopic (exact) mass is 339 g/mol. The highest BCUT2D eigenvalue weighted by molar-refractivity contribution is 9.10. The second-order valence-corrected chi connectivity index (χ2v) is 5.10. The minimum atomic E-state index is 0.716. The molecule has 108 valence electrons. The van der Waals surface area contributed by atoms with E-state index in [9.17, 15) is 0 Å². The SMILES string of the molecule is COc1cc(CNCCn2cccn2)c(OC)cc1Br. The normalized spacial score (nSPS) is 10.6. The van der Waals surface area contributed by atoms with Crippen molar-refractivity contribution in [2.24, 2.45) is 0 Å². The van der Waals surface area contributed by atoms with E-state index in [2.05, 4.69) is 26.3 Å². The van der Waals surface area contributed by atoms with Crippen molar-refractivity contribution in [2.45, 2.75) is 13.1 Å². The number of benzene rings is 1. The zero-order valence-electron chi connectivity index (χ0n) is 11.6. The van der Waals surface area contributed by atoms with Gasteiger partial charge in [-0.3, -0.25) is 4.68 Å². The summed E-state index contributed by atoms with van der Waals surface area (Å²) >= 11 is 3.45. The number of halogens is 1. The second kappa shape index (κ2) is 7.31. The lowest BCUT2D eigenvalue weighted by Gasteiger charge is -2.13. The summed E-state index contributed by atoms with van der Waals surface area (Å²) in [4.78, 5) is 0. The number of hydrogen-bond acceptors (Lipinski definition) is 4. The Hall–Kier alpha value is -1.53. The van der Waals surface area contributed by atoms with Crippen LogP contribution in [0.3, 0.4) is 0 Å². The van der Waals surface area contributed by atoms with Crippen LogP contribution in [0.5, 0.6) is 11.5 Å². The van der Waals surface area contributed by atoms with E-state index in [-0.39, 0.29) is 0 Å². The third kappa shape index (κ3) is 3.74. The first-order valence-corrected chi connectivity index (χ1v) is 7.12. The van der Waals surface area contributed by atoms with Gasteiger partial charge >= 0.3 is 0 Å². The van der Waals surface area contributed by atoms with Crippen molar-refractivity contribution in [3.63, 3.8) is 0 Å². The third-order valence-corrected chi connectivity index (χ3v) is 3.57. The fraction of sp³-hybridized carbons (Fsp3) is 0.357. The molecule has 0 aliphatic heterocycles. The van der Waals surface area contributed by atoms with Gasteiger partial charge in [0.25, 0.3) is 0 Å². The van der Waals surface area contributed by atoms with E-state index in [1.807, 2.05) is 29.1 Å². The van der Waals surface area contributed by atoms with Crippen LogP contribution in [0, 0.1) is 0 Å². The van der Waals surface area contributed by atoms with E-state index in [1.165, 1.54) is 0 Å². The highest BCUT2D eigenvalue weighted by Crippen LogP contribution is 2.32. The first kappa shape index (κ1) is 14.9. The molecule has 0 atom stereocenters. The molecule has 5 nitrogen and oxygen atoms in total. The molecule has 2 rings (SSSR count). The van der Waals surface area contributed by atoms with Crippen molar-refractivity contribution in [1.29, 1.82) is 0 Å². The zero-order chi connectivity index (χ0) is 14.4. The molecule has 6 heteroatoms. The first-order valence-electron chi connectivity index (χ1n) is 6.33. The molecule has 0 radical (unpaired) electrons. The highest BCUT2D eigenvalue weighted by atomic mass is 79.9. The number of nitrogens with one attached hydrogen (secondary N) is 1. The van der Waals surface area contributed by atoms with Crippen molar-refractivity contribution in [2.75, 3.05) is 20.8 Å². The van der Waals surface area contributed by atoms with Crippen molar-refractivity contribution >= 4 is 15.9 Å². The maximum atomic E-state index is 5.39. The molecule has 20 heavy (non-hydrogen) atoms. The second-order valence-electron chi connectivity index (χ2n) is 4.24. The number of methoxy groups -OCH3 is 2. The molecule has 2 aromatic rings. The van der Waals surface area contributed by atoms with Gasteiger partial charge < -0.3 is 14.8 Å². The van der Waals surface area contributed by atoms with Gasteiger partial charge in [0.1, 0.15) is 11.5 Å². The Morgan fingerprint density at radius 1 is 1.25 bits per heavy atom. The van der Waals surface area contributed by atoms with E-state index in [1.54, 1.807) is 20.4 Å². The van der Waals surface area contributed by atoms with Gasteiger partial charge in [0.2, 0.25) is 0 Å². The average Bonchev–Trinajstić information content (AvgIpc) is 2.97. The summed E-state index contributed by atoms with van der Waals surface area (Å²) in [7, 11) is 3.32. The van der Waals surface area contributed by atoms with Gasteiger partial charge in [-0.1, -0.05) is 0 Å². The Morgan fingerprint density at radius 3 is 2.70 bits per heavy atom. The maximum absolute atomic E-state index is 5.39. The van der Waals surface area contributed by atoms with Gasteiger partial charge in [-0.15, -0.1) is 0 Å². The Balaban J connectivity index is 1.94. The molecule has 0 bridgehead atoms. The van der Waals surface area contributed by atoms with Crippen molar-refractivity contribution in [3.05, 3.63) is 40.6 Å². The zero-order valence-corrected chi connectivity index (χ0v) is 13.2. The Morgan fingerprint density at radius 2 is 2.05 bits per heavy atom. The van der Waals surface area contributed by atoms with E-state index in [4.69, 9.17) is 9.47 Å². The maximum Gasteiger partial charge on any atom is 0.133 e. The molecular weight excluding hydrogens is 322 g/mol. The van der Waals surface area contributed by atoms with E-state index in [0.29, 0.717) is 6.54 Å². The number of aromatic nitrogens is 2. The summed E-state index contributed by atoms with van der Waals surface area (Å²) in [5, 5.41) is 7.53. The molecule has 0 aliphatic rings. The van der Waals surface area contributed by atoms with Crippen LogP contribution >= 0.6 is 15.9 Å². The first-order chi connectivity index (χ1) is 9.74. The van der Waals surface area contributed by atoms with Crippen LogP contribution in [0.4, 0.5) is 0 Å². The Kier molecular flexibility index (Phi) is 5.43. The molecule has 0 aliphatic carbocycles. The quantitative estimate of drug-likeness (QED) is 0.787. The predicted molar refractivity (Wildman–Crippen MR) is 81.2 cm³/mol. The molecular formula is C14H18BrN3O2. The average molecular weight is 340 g/mol. The third-order valence-electron chi connectivity index (χ3n) is 2.95. The fourth-order valence-electron chi connectivity index (χ4n) is 1.91. The molecule has 1 aromatic heterocycles. The van der Waals surface area contributed by atoms with Crippen molar-refractivity contribution in [3.8, 4) is 11.5 Å². The van der Waals surface area contributed by atoms with Crippen LogP contribution < -0.4 is 14.8 Å². The molecule has 0 unspecified atom stereocenters. The van der Waals surface area contributed by atoms with E-state index < -0.39 is 0 Å². The summed E-state index contributed by atoms with van der Waals surface area (Å²) < 4.78 is 13.5. The van der Waals surface area contributed by atoms with E-state index >= 15 is 0 Å². The smallest absolute Gasteiger partial charge is 0.133 e. The lowest BCUT2D eigenvalue weighted by molar-refractivity contribution is 0.394. The lowest BCUT2D eigenvalue weighted by atomic mass is 10.2. The number of hydrogen-bond donors (Lipinski definition) is 1. The van der Waals surface area contributed by atoms with Crippen molar-refractivity contribution in [1.82, 2.24) is 15.1 Å². The van der Waals surface area contributed by atoms with Gasteiger partial charge in [0.05, 0.1) is 25.2 Å². The van der Waals surface area contributed by atoms with Gasteiger partial charge in [0.15, 0.2) is 0 Å².